The van der Waals surface area contributed by atoms with E-state index in [-0.39, 0.29) is 11.3 Å². The first-order valence-corrected chi connectivity index (χ1v) is 13.1. The summed E-state index contributed by atoms with van der Waals surface area (Å²) >= 11 is 0. The number of hydrogen-bond donors (Lipinski definition) is 4. The van der Waals surface area contributed by atoms with Crippen molar-refractivity contribution in [2.75, 3.05) is 5.32 Å². The molecule has 1 atom stereocenters. The first kappa shape index (κ1) is 24.2. The number of H-pyrrole nitrogens is 1. The molecule has 0 radical (unpaired) electrons. The Bertz CT molecular complexity index is 1630. The van der Waals surface area contributed by atoms with E-state index in [2.05, 4.69) is 20.0 Å². The number of nitrogens with one attached hydrogen (secondary N) is 3. The quantitative estimate of drug-likeness (QED) is 0.208. The lowest BCUT2D eigenvalue weighted by molar-refractivity contribution is -0.137. The van der Waals surface area contributed by atoms with E-state index in [1.54, 1.807) is 42.5 Å². The van der Waals surface area contributed by atoms with E-state index < -0.39 is 22.0 Å². The Kier molecular flexibility index (Phi) is 6.72. The van der Waals surface area contributed by atoms with Crippen LogP contribution in [0.4, 0.5) is 11.6 Å². The van der Waals surface area contributed by atoms with Crippen molar-refractivity contribution in [1.82, 2.24) is 14.7 Å². The van der Waals surface area contributed by atoms with Crippen molar-refractivity contribution >= 4 is 38.7 Å². The summed E-state index contributed by atoms with van der Waals surface area (Å²) in [5, 5.41) is 12.6. The third-order valence-corrected chi connectivity index (χ3v) is 7.34. The van der Waals surface area contributed by atoms with Crippen LogP contribution in [0.2, 0.25) is 0 Å². The monoisotopic (exact) mass is 512 g/mol. The predicted octanol–water partition coefficient (Wildman–Crippen LogP) is 5.47. The Hall–Kier alpha value is -4.47. The Morgan fingerprint density at radius 1 is 0.865 bits per heavy atom. The number of para-hydroxylation sites is 2. The number of carboxylic acid groups (broad SMARTS) is 1. The Balaban J connectivity index is 1.40. The maximum Gasteiger partial charge on any atom is 0.305 e. The van der Waals surface area contributed by atoms with Gasteiger partial charge in [-0.1, -0.05) is 66.7 Å². The van der Waals surface area contributed by atoms with Crippen molar-refractivity contribution in [1.29, 1.82) is 0 Å². The lowest BCUT2D eigenvalue weighted by Gasteiger charge is -2.18. The summed E-state index contributed by atoms with van der Waals surface area (Å²) in [5.74, 6) is -0.497. The van der Waals surface area contributed by atoms with E-state index in [0.29, 0.717) is 17.1 Å². The van der Waals surface area contributed by atoms with Gasteiger partial charge in [0.1, 0.15) is 0 Å². The maximum absolute atomic E-state index is 13.2. The lowest BCUT2D eigenvalue weighted by atomic mass is 10.1. The maximum atomic E-state index is 13.2. The smallest absolute Gasteiger partial charge is 0.305 e. The van der Waals surface area contributed by atoms with Gasteiger partial charge in [0.2, 0.25) is 16.0 Å². The molecule has 0 fully saturated rings. The van der Waals surface area contributed by atoms with Crippen LogP contribution in [0.1, 0.15) is 18.0 Å². The molecule has 4 aromatic carbocycles. The van der Waals surface area contributed by atoms with E-state index in [1.165, 1.54) is 6.07 Å². The number of aromatic nitrogens is 2. The van der Waals surface area contributed by atoms with Crippen LogP contribution >= 0.6 is 0 Å². The normalized spacial score (nSPS) is 12.3. The average Bonchev–Trinajstić information content (AvgIpc) is 3.31. The molecule has 8 nitrogen and oxygen atoms in total. The van der Waals surface area contributed by atoms with Crippen molar-refractivity contribution in [3.8, 4) is 11.1 Å². The summed E-state index contributed by atoms with van der Waals surface area (Å²) in [6.45, 7) is 0. The zero-order chi connectivity index (χ0) is 25.8. The number of carbonyl (C=O) groups is 1. The molecule has 0 aliphatic heterocycles. The number of carboxylic acids is 1. The van der Waals surface area contributed by atoms with Crippen LogP contribution < -0.4 is 10.0 Å². The topological polar surface area (TPSA) is 124 Å². The summed E-state index contributed by atoms with van der Waals surface area (Å²) in [6.07, 6.45) is -0.377. The molecule has 1 unspecified atom stereocenters. The number of hydrogen-bond acceptors (Lipinski definition) is 5. The highest BCUT2D eigenvalue weighted by Crippen LogP contribution is 2.28. The highest BCUT2D eigenvalue weighted by molar-refractivity contribution is 7.89. The van der Waals surface area contributed by atoms with E-state index >= 15 is 0 Å². The van der Waals surface area contributed by atoms with Crippen LogP contribution in [-0.2, 0) is 14.8 Å². The second kappa shape index (κ2) is 10.3. The Morgan fingerprint density at radius 3 is 2.32 bits per heavy atom. The van der Waals surface area contributed by atoms with Crippen LogP contribution in [0.15, 0.2) is 108 Å². The molecule has 9 heteroatoms. The van der Waals surface area contributed by atoms with E-state index in [4.69, 9.17) is 0 Å². The number of rotatable bonds is 9. The number of nitrogens with zero attached hydrogens (tertiary/aromatic N) is 1. The van der Waals surface area contributed by atoms with Crippen LogP contribution in [0.3, 0.4) is 0 Å². The second-order valence-corrected chi connectivity index (χ2v) is 10.2. The number of imidazole rings is 1. The fourth-order valence-corrected chi connectivity index (χ4v) is 5.38. The van der Waals surface area contributed by atoms with Gasteiger partial charge in [0.05, 0.1) is 28.4 Å². The first-order valence-electron chi connectivity index (χ1n) is 11.6. The summed E-state index contributed by atoms with van der Waals surface area (Å²) < 4.78 is 29.1. The van der Waals surface area contributed by atoms with Crippen LogP contribution in [0, 0.1) is 0 Å². The van der Waals surface area contributed by atoms with Gasteiger partial charge >= 0.3 is 5.97 Å². The largest absolute Gasteiger partial charge is 0.481 e. The van der Waals surface area contributed by atoms with Crippen LogP contribution in [0.25, 0.3) is 22.2 Å². The van der Waals surface area contributed by atoms with Crippen molar-refractivity contribution < 1.29 is 18.3 Å². The van der Waals surface area contributed by atoms with E-state index in [0.717, 1.165) is 22.3 Å². The highest BCUT2D eigenvalue weighted by Gasteiger charge is 2.24. The molecule has 0 aliphatic carbocycles. The molecule has 5 aromatic rings. The number of aromatic amines is 1. The second-order valence-electron chi connectivity index (χ2n) is 8.52. The van der Waals surface area contributed by atoms with Gasteiger partial charge in [0, 0.05) is 5.69 Å². The summed E-state index contributed by atoms with van der Waals surface area (Å²) in [4.78, 5) is 19.2. The van der Waals surface area contributed by atoms with Crippen molar-refractivity contribution in [2.24, 2.45) is 0 Å². The molecule has 1 aromatic heterocycles. The van der Waals surface area contributed by atoms with Crippen LogP contribution in [0.5, 0.6) is 0 Å². The first-order chi connectivity index (χ1) is 17.9. The summed E-state index contributed by atoms with van der Waals surface area (Å²) in [7, 11) is -4.00. The van der Waals surface area contributed by atoms with E-state index in [1.807, 2.05) is 54.6 Å². The molecule has 0 amide bonds. The molecule has 0 bridgehead atoms. The lowest BCUT2D eigenvalue weighted by Crippen LogP contribution is -2.30. The fourth-order valence-electron chi connectivity index (χ4n) is 4.11. The zero-order valence-electron chi connectivity index (χ0n) is 19.6. The SMILES string of the molecule is O=C(O)CC(NS(=O)(=O)c1cccc(-c2cccc(Nc3nc4ccccc4[nH]3)c2)c1)c1ccccc1. The molecule has 37 heavy (non-hydrogen) atoms. The molecule has 5 rings (SSSR count). The van der Waals surface area contributed by atoms with Gasteiger partial charge in [-0.15, -0.1) is 0 Å². The predicted molar refractivity (Wildman–Crippen MR) is 143 cm³/mol. The van der Waals surface area contributed by atoms with E-state index in [9.17, 15) is 18.3 Å². The average molecular weight is 513 g/mol. The van der Waals surface area contributed by atoms with Crippen LogP contribution in [-0.4, -0.2) is 29.5 Å². The minimum atomic E-state index is -4.00. The summed E-state index contributed by atoms with van der Waals surface area (Å²) in [5.41, 5.74) is 4.64. The zero-order valence-corrected chi connectivity index (χ0v) is 20.4. The van der Waals surface area contributed by atoms with Gasteiger partial charge in [0.25, 0.3) is 0 Å². The Morgan fingerprint density at radius 2 is 1.57 bits per heavy atom. The number of aliphatic carboxylic acids is 1. The number of anilines is 2. The molecule has 0 spiro atoms. The molecule has 1 heterocycles. The number of sulfonamides is 1. The van der Waals surface area contributed by atoms with Crippen molar-refractivity contribution in [3.05, 3.63) is 109 Å². The summed E-state index contributed by atoms with van der Waals surface area (Å²) in [6, 6.07) is 29.6. The van der Waals surface area contributed by atoms with Gasteiger partial charge in [-0.2, -0.15) is 0 Å². The molecule has 186 valence electrons. The Labute approximate surface area is 214 Å². The molecule has 0 saturated carbocycles. The van der Waals surface area contributed by atoms with Gasteiger partial charge in [-0.05, 0) is 53.1 Å². The van der Waals surface area contributed by atoms with Crippen molar-refractivity contribution in [3.63, 3.8) is 0 Å². The van der Waals surface area contributed by atoms with Gasteiger partial charge in [-0.3, -0.25) is 4.79 Å². The number of fused-ring (bicyclic) bond motifs is 1. The third kappa shape index (κ3) is 5.69. The molecule has 4 N–H and O–H groups in total. The van der Waals surface area contributed by atoms with Gasteiger partial charge < -0.3 is 15.4 Å². The molecular weight excluding hydrogens is 488 g/mol. The van der Waals surface area contributed by atoms with Crippen molar-refractivity contribution in [2.45, 2.75) is 17.4 Å². The highest BCUT2D eigenvalue weighted by atomic mass is 32.2. The van der Waals surface area contributed by atoms with Gasteiger partial charge in [-0.25, -0.2) is 18.1 Å². The minimum absolute atomic E-state index is 0.0481. The molecule has 0 saturated heterocycles. The third-order valence-electron chi connectivity index (χ3n) is 5.87. The number of benzene rings is 4. The van der Waals surface area contributed by atoms with Gasteiger partial charge in [0.15, 0.2) is 0 Å². The minimum Gasteiger partial charge on any atom is -0.481 e. The fraction of sp³-hybridized carbons (Fsp3) is 0.0714. The molecular formula is C28H24N4O4S. The molecule has 0 aliphatic rings. The standard InChI is InChI=1S/C28H24N4O4S/c33-27(34)18-26(19-8-2-1-3-9-19)32-37(35,36)23-13-7-11-21(17-23)20-10-6-12-22(16-20)29-28-30-24-14-4-5-15-25(24)31-28/h1-17,26,32H,18H2,(H,33,34)(H2,29,30,31).